The Morgan fingerprint density at radius 1 is 1.19 bits per heavy atom. The van der Waals surface area contributed by atoms with Gasteiger partial charge in [0.05, 0.1) is 14.2 Å². The SMILES string of the molecule is COc1ccc(CCNC(C)c2cc(Br)cs2)cc1OC. The molecule has 0 fully saturated rings. The maximum atomic E-state index is 5.33. The third-order valence-corrected chi connectivity index (χ3v) is 5.20. The Balaban J connectivity index is 1.88. The van der Waals surface area contributed by atoms with E-state index in [0.29, 0.717) is 6.04 Å². The Hall–Kier alpha value is -1.04. The van der Waals surface area contributed by atoms with Crippen LogP contribution in [0.3, 0.4) is 0 Å². The standard InChI is InChI=1S/C16H20BrNO2S/c1-11(16-9-13(17)10-21-16)18-7-6-12-4-5-14(19-2)15(8-12)20-3/h4-5,8-11,18H,6-7H2,1-3H3. The number of methoxy groups -OCH3 is 2. The number of rotatable bonds is 7. The molecule has 0 saturated carbocycles. The highest BCUT2D eigenvalue weighted by molar-refractivity contribution is 9.10. The van der Waals surface area contributed by atoms with Crippen LogP contribution in [0.4, 0.5) is 0 Å². The Kier molecular flexibility index (Phi) is 6.08. The highest BCUT2D eigenvalue weighted by atomic mass is 79.9. The van der Waals surface area contributed by atoms with E-state index in [1.54, 1.807) is 25.6 Å². The molecule has 1 unspecified atom stereocenters. The van der Waals surface area contributed by atoms with Gasteiger partial charge >= 0.3 is 0 Å². The van der Waals surface area contributed by atoms with Crippen molar-refractivity contribution in [2.75, 3.05) is 20.8 Å². The summed E-state index contributed by atoms with van der Waals surface area (Å²) in [4.78, 5) is 1.34. The van der Waals surface area contributed by atoms with Crippen LogP contribution in [0.5, 0.6) is 11.5 Å². The van der Waals surface area contributed by atoms with Crippen molar-refractivity contribution in [2.45, 2.75) is 19.4 Å². The van der Waals surface area contributed by atoms with Crippen molar-refractivity contribution < 1.29 is 9.47 Å². The molecular weight excluding hydrogens is 350 g/mol. The number of nitrogens with one attached hydrogen (secondary N) is 1. The Labute approximate surface area is 138 Å². The van der Waals surface area contributed by atoms with E-state index in [1.165, 1.54) is 10.4 Å². The van der Waals surface area contributed by atoms with Crippen LogP contribution in [0.2, 0.25) is 0 Å². The van der Waals surface area contributed by atoms with E-state index in [2.05, 4.69) is 45.7 Å². The van der Waals surface area contributed by atoms with Crippen molar-refractivity contribution in [1.82, 2.24) is 5.32 Å². The highest BCUT2D eigenvalue weighted by Gasteiger charge is 2.08. The summed E-state index contributed by atoms with van der Waals surface area (Å²) in [5.74, 6) is 1.55. The lowest BCUT2D eigenvalue weighted by Gasteiger charge is -2.13. The molecule has 1 N–H and O–H groups in total. The molecule has 114 valence electrons. The van der Waals surface area contributed by atoms with Crippen molar-refractivity contribution in [1.29, 1.82) is 0 Å². The third kappa shape index (κ3) is 4.46. The number of ether oxygens (including phenoxy) is 2. The number of hydrogen-bond donors (Lipinski definition) is 1. The first-order valence-corrected chi connectivity index (χ1v) is 8.49. The van der Waals surface area contributed by atoms with E-state index in [0.717, 1.165) is 28.9 Å². The van der Waals surface area contributed by atoms with Gasteiger partial charge in [0.1, 0.15) is 0 Å². The van der Waals surface area contributed by atoms with Crippen molar-refractivity contribution in [3.8, 4) is 11.5 Å². The fourth-order valence-electron chi connectivity index (χ4n) is 2.13. The molecule has 21 heavy (non-hydrogen) atoms. The zero-order chi connectivity index (χ0) is 15.2. The molecule has 3 nitrogen and oxygen atoms in total. The molecule has 0 aliphatic carbocycles. The van der Waals surface area contributed by atoms with Crippen molar-refractivity contribution in [2.24, 2.45) is 0 Å². The van der Waals surface area contributed by atoms with Gasteiger partial charge in [-0.3, -0.25) is 0 Å². The fraction of sp³-hybridized carbons (Fsp3) is 0.375. The third-order valence-electron chi connectivity index (χ3n) is 3.33. The summed E-state index contributed by atoms with van der Waals surface area (Å²) in [7, 11) is 3.32. The van der Waals surface area contributed by atoms with Gasteiger partial charge in [-0.1, -0.05) is 6.07 Å². The molecule has 1 aromatic carbocycles. The van der Waals surface area contributed by atoms with E-state index in [4.69, 9.17) is 9.47 Å². The van der Waals surface area contributed by atoms with Gasteiger partial charge in [0.15, 0.2) is 11.5 Å². The first-order valence-electron chi connectivity index (χ1n) is 6.82. The predicted molar refractivity (Wildman–Crippen MR) is 91.7 cm³/mol. The molecule has 2 rings (SSSR count). The summed E-state index contributed by atoms with van der Waals surface area (Å²) in [5, 5.41) is 5.66. The largest absolute Gasteiger partial charge is 0.493 e. The van der Waals surface area contributed by atoms with Crippen LogP contribution in [0.25, 0.3) is 0 Å². The van der Waals surface area contributed by atoms with E-state index in [9.17, 15) is 0 Å². The van der Waals surface area contributed by atoms with Gasteiger partial charge in [-0.2, -0.15) is 0 Å². The molecule has 0 amide bonds. The average Bonchev–Trinajstić information content (AvgIpc) is 2.93. The Morgan fingerprint density at radius 3 is 2.57 bits per heavy atom. The van der Waals surface area contributed by atoms with Crippen LogP contribution >= 0.6 is 27.3 Å². The van der Waals surface area contributed by atoms with E-state index in [1.807, 2.05) is 12.1 Å². The lowest BCUT2D eigenvalue weighted by Crippen LogP contribution is -2.20. The smallest absolute Gasteiger partial charge is 0.160 e. The maximum Gasteiger partial charge on any atom is 0.160 e. The van der Waals surface area contributed by atoms with E-state index in [-0.39, 0.29) is 0 Å². The second-order valence-corrected chi connectivity index (χ2v) is 6.64. The Bertz CT molecular complexity index is 585. The maximum absolute atomic E-state index is 5.33. The zero-order valence-electron chi connectivity index (χ0n) is 12.5. The van der Waals surface area contributed by atoms with Crippen LogP contribution < -0.4 is 14.8 Å². The summed E-state index contributed by atoms with van der Waals surface area (Å²) in [6.07, 6.45) is 0.956. The first kappa shape index (κ1) is 16.3. The fourth-order valence-corrected chi connectivity index (χ4v) is 3.60. The molecule has 0 radical (unpaired) electrons. The summed E-state index contributed by atoms with van der Waals surface area (Å²) in [6.45, 7) is 3.11. The van der Waals surface area contributed by atoms with E-state index >= 15 is 0 Å². The summed E-state index contributed by atoms with van der Waals surface area (Å²) in [5.41, 5.74) is 1.24. The number of halogens is 1. The molecular formula is C16H20BrNO2S. The van der Waals surface area contributed by atoms with Gasteiger partial charge in [-0.15, -0.1) is 11.3 Å². The quantitative estimate of drug-likeness (QED) is 0.783. The average molecular weight is 370 g/mol. The van der Waals surface area contributed by atoms with Gasteiger partial charge in [0.25, 0.3) is 0 Å². The predicted octanol–water partition coefficient (Wildman–Crippen LogP) is 4.42. The molecule has 5 heteroatoms. The molecule has 1 atom stereocenters. The van der Waals surface area contributed by atoms with Crippen molar-refractivity contribution in [3.63, 3.8) is 0 Å². The van der Waals surface area contributed by atoms with Crippen LogP contribution in [0.15, 0.2) is 34.1 Å². The number of hydrogen-bond acceptors (Lipinski definition) is 4. The molecule has 1 heterocycles. The van der Waals surface area contributed by atoms with Crippen molar-refractivity contribution >= 4 is 27.3 Å². The van der Waals surface area contributed by atoms with Crippen molar-refractivity contribution in [3.05, 3.63) is 44.6 Å². The van der Waals surface area contributed by atoms with Crippen LogP contribution in [-0.2, 0) is 6.42 Å². The number of thiophene rings is 1. The van der Waals surface area contributed by atoms with Crippen LogP contribution in [0.1, 0.15) is 23.4 Å². The topological polar surface area (TPSA) is 30.5 Å². The monoisotopic (exact) mass is 369 g/mol. The second-order valence-electron chi connectivity index (χ2n) is 4.78. The minimum Gasteiger partial charge on any atom is -0.493 e. The van der Waals surface area contributed by atoms with Gasteiger partial charge in [0, 0.05) is 20.8 Å². The minimum absolute atomic E-state index is 0.362. The van der Waals surface area contributed by atoms with Gasteiger partial charge in [-0.25, -0.2) is 0 Å². The van der Waals surface area contributed by atoms with Gasteiger partial charge < -0.3 is 14.8 Å². The van der Waals surface area contributed by atoms with Gasteiger partial charge in [0.2, 0.25) is 0 Å². The first-order chi connectivity index (χ1) is 10.1. The lowest BCUT2D eigenvalue weighted by atomic mass is 10.1. The molecule has 1 aromatic heterocycles. The number of benzene rings is 1. The highest BCUT2D eigenvalue weighted by Crippen LogP contribution is 2.28. The molecule has 0 aliphatic heterocycles. The van der Waals surface area contributed by atoms with Crippen LogP contribution in [-0.4, -0.2) is 20.8 Å². The normalized spacial score (nSPS) is 12.2. The summed E-state index contributed by atoms with van der Waals surface area (Å²) in [6, 6.07) is 8.59. The molecule has 0 spiro atoms. The zero-order valence-corrected chi connectivity index (χ0v) is 14.9. The molecule has 0 aliphatic rings. The second kappa shape index (κ2) is 7.82. The minimum atomic E-state index is 0.362. The molecule has 0 saturated heterocycles. The summed E-state index contributed by atoms with van der Waals surface area (Å²) < 4.78 is 11.7. The summed E-state index contributed by atoms with van der Waals surface area (Å²) >= 11 is 5.26. The molecule has 0 bridgehead atoms. The van der Waals surface area contributed by atoms with E-state index < -0.39 is 0 Å². The van der Waals surface area contributed by atoms with Crippen LogP contribution in [0, 0.1) is 0 Å². The lowest BCUT2D eigenvalue weighted by molar-refractivity contribution is 0.354. The molecule has 2 aromatic rings. The Morgan fingerprint density at radius 2 is 1.95 bits per heavy atom. The van der Waals surface area contributed by atoms with Gasteiger partial charge in [-0.05, 0) is 59.6 Å².